The van der Waals surface area contributed by atoms with Gasteiger partial charge >= 0.3 is 0 Å². The van der Waals surface area contributed by atoms with Crippen molar-refractivity contribution in [3.63, 3.8) is 0 Å². The second-order valence-corrected chi connectivity index (χ2v) is 4.67. The van der Waals surface area contributed by atoms with E-state index >= 15 is 0 Å². The summed E-state index contributed by atoms with van der Waals surface area (Å²) in [5.41, 5.74) is 0.694. The summed E-state index contributed by atoms with van der Waals surface area (Å²) in [5, 5.41) is 11.5. The third-order valence-electron chi connectivity index (χ3n) is 3.39. The first-order valence-corrected chi connectivity index (χ1v) is 6.34. The van der Waals surface area contributed by atoms with Gasteiger partial charge in [0.25, 0.3) is 5.88 Å². The van der Waals surface area contributed by atoms with Crippen LogP contribution < -0.4 is 10.1 Å². The zero-order valence-electron chi connectivity index (χ0n) is 10.5. The first kappa shape index (κ1) is 11.4. The number of fused-ring (bicyclic) bond motifs is 1. The Morgan fingerprint density at radius 3 is 3.28 bits per heavy atom. The predicted molar refractivity (Wildman–Crippen MR) is 66.6 cm³/mol. The van der Waals surface area contributed by atoms with E-state index in [4.69, 9.17) is 4.74 Å². The van der Waals surface area contributed by atoms with Crippen LogP contribution in [0.25, 0.3) is 5.65 Å². The zero-order chi connectivity index (χ0) is 12.4. The Balaban J connectivity index is 1.66. The van der Waals surface area contributed by atoms with Crippen molar-refractivity contribution in [2.75, 3.05) is 19.7 Å². The highest BCUT2D eigenvalue weighted by atomic mass is 16.5. The number of rotatable bonds is 4. The van der Waals surface area contributed by atoms with Gasteiger partial charge in [-0.2, -0.15) is 0 Å². The fraction of sp³-hybridized carbons (Fsp3) is 0.583. The van der Waals surface area contributed by atoms with Gasteiger partial charge < -0.3 is 10.1 Å². The molecule has 6 heteroatoms. The molecule has 0 spiro atoms. The van der Waals surface area contributed by atoms with E-state index in [9.17, 15) is 0 Å². The summed E-state index contributed by atoms with van der Waals surface area (Å²) in [4.78, 5) is 4.22. The van der Waals surface area contributed by atoms with Crippen LogP contribution >= 0.6 is 0 Å². The Labute approximate surface area is 105 Å². The largest absolute Gasteiger partial charge is 0.475 e. The third kappa shape index (κ3) is 2.15. The molecule has 18 heavy (non-hydrogen) atoms. The van der Waals surface area contributed by atoms with Crippen LogP contribution in [0.5, 0.6) is 5.88 Å². The molecule has 1 fully saturated rings. The van der Waals surface area contributed by atoms with Crippen molar-refractivity contribution in [3.05, 3.63) is 18.2 Å². The van der Waals surface area contributed by atoms with Gasteiger partial charge in [-0.15, -0.1) is 10.2 Å². The van der Waals surface area contributed by atoms with Crippen molar-refractivity contribution in [1.82, 2.24) is 24.9 Å². The molecule has 6 nitrogen and oxygen atoms in total. The van der Waals surface area contributed by atoms with E-state index in [1.165, 1.54) is 6.42 Å². The highest BCUT2D eigenvalue weighted by Crippen LogP contribution is 2.17. The quantitative estimate of drug-likeness (QED) is 0.866. The Morgan fingerprint density at radius 1 is 1.50 bits per heavy atom. The minimum Gasteiger partial charge on any atom is -0.475 e. The molecule has 0 aromatic carbocycles. The summed E-state index contributed by atoms with van der Waals surface area (Å²) >= 11 is 0. The maximum absolute atomic E-state index is 5.73. The molecule has 2 aromatic rings. The molecule has 0 amide bonds. The molecule has 2 aromatic heterocycles. The van der Waals surface area contributed by atoms with Crippen LogP contribution in [-0.4, -0.2) is 39.3 Å². The highest BCUT2D eigenvalue weighted by molar-refractivity contribution is 5.48. The van der Waals surface area contributed by atoms with Gasteiger partial charge in [-0.3, -0.25) is 4.40 Å². The maximum atomic E-state index is 5.73. The molecular formula is C12H17N5O. The summed E-state index contributed by atoms with van der Waals surface area (Å²) in [6.45, 7) is 4.83. The monoisotopic (exact) mass is 247 g/mol. The number of nitrogens with one attached hydrogen (secondary N) is 1. The van der Waals surface area contributed by atoms with Crippen LogP contribution in [0, 0.1) is 12.8 Å². The molecule has 1 unspecified atom stereocenters. The van der Waals surface area contributed by atoms with Gasteiger partial charge in [0.05, 0.1) is 6.61 Å². The van der Waals surface area contributed by atoms with Crippen LogP contribution in [0.15, 0.2) is 12.4 Å². The van der Waals surface area contributed by atoms with E-state index in [0.717, 1.165) is 31.3 Å². The lowest BCUT2D eigenvalue weighted by molar-refractivity contribution is 0.275. The lowest BCUT2D eigenvalue weighted by Gasteiger charge is -2.09. The molecule has 1 aliphatic heterocycles. The van der Waals surface area contributed by atoms with Gasteiger partial charge in [0.15, 0.2) is 0 Å². The summed E-state index contributed by atoms with van der Waals surface area (Å²) < 4.78 is 7.62. The van der Waals surface area contributed by atoms with Gasteiger partial charge in [0, 0.05) is 12.4 Å². The number of aromatic nitrogens is 4. The SMILES string of the molecule is Cc1nnc2c(OCCC3CCNC3)nccn12. The van der Waals surface area contributed by atoms with E-state index in [1.807, 2.05) is 17.5 Å². The van der Waals surface area contributed by atoms with Crippen molar-refractivity contribution in [3.8, 4) is 5.88 Å². The van der Waals surface area contributed by atoms with Crippen molar-refractivity contribution >= 4 is 5.65 Å². The molecule has 1 atom stereocenters. The second-order valence-electron chi connectivity index (χ2n) is 4.67. The van der Waals surface area contributed by atoms with Crippen LogP contribution in [0.1, 0.15) is 18.7 Å². The van der Waals surface area contributed by atoms with E-state index in [-0.39, 0.29) is 0 Å². The van der Waals surface area contributed by atoms with Crippen LogP contribution in [0.2, 0.25) is 0 Å². The molecule has 96 valence electrons. The minimum atomic E-state index is 0.573. The third-order valence-corrected chi connectivity index (χ3v) is 3.39. The lowest BCUT2D eigenvalue weighted by Crippen LogP contribution is -2.12. The Kier molecular flexibility index (Phi) is 3.10. The van der Waals surface area contributed by atoms with Crippen molar-refractivity contribution in [2.45, 2.75) is 19.8 Å². The number of ether oxygens (including phenoxy) is 1. The summed E-state index contributed by atoms with van der Waals surface area (Å²) in [5.74, 6) is 2.14. The normalized spacial score (nSPS) is 19.5. The average Bonchev–Trinajstić information content (AvgIpc) is 3.01. The molecule has 3 heterocycles. The number of hydrogen-bond donors (Lipinski definition) is 1. The van der Waals surface area contributed by atoms with Crippen molar-refractivity contribution in [2.24, 2.45) is 5.92 Å². The number of nitrogens with zero attached hydrogens (tertiary/aromatic N) is 4. The smallest absolute Gasteiger partial charge is 0.260 e. The molecule has 1 N–H and O–H groups in total. The Morgan fingerprint density at radius 2 is 2.44 bits per heavy atom. The zero-order valence-corrected chi connectivity index (χ0v) is 10.5. The van der Waals surface area contributed by atoms with Crippen LogP contribution in [0.3, 0.4) is 0 Å². The van der Waals surface area contributed by atoms with Crippen molar-refractivity contribution < 1.29 is 4.74 Å². The van der Waals surface area contributed by atoms with Crippen LogP contribution in [-0.2, 0) is 0 Å². The van der Waals surface area contributed by atoms with Gasteiger partial charge in [-0.05, 0) is 38.8 Å². The molecule has 0 saturated carbocycles. The first-order chi connectivity index (χ1) is 8.84. The van der Waals surface area contributed by atoms with Gasteiger partial charge in [-0.1, -0.05) is 0 Å². The molecule has 3 rings (SSSR count). The van der Waals surface area contributed by atoms with Gasteiger partial charge in [-0.25, -0.2) is 4.98 Å². The fourth-order valence-corrected chi connectivity index (χ4v) is 2.30. The van der Waals surface area contributed by atoms with Crippen LogP contribution in [0.4, 0.5) is 0 Å². The van der Waals surface area contributed by atoms with Gasteiger partial charge in [0.2, 0.25) is 5.65 Å². The Bertz CT molecular complexity index is 532. The minimum absolute atomic E-state index is 0.573. The first-order valence-electron chi connectivity index (χ1n) is 6.34. The predicted octanol–water partition coefficient (Wildman–Crippen LogP) is 0.811. The lowest BCUT2D eigenvalue weighted by atomic mass is 10.1. The molecule has 0 aliphatic carbocycles. The summed E-state index contributed by atoms with van der Waals surface area (Å²) in [7, 11) is 0. The fourth-order valence-electron chi connectivity index (χ4n) is 2.30. The number of hydrogen-bond acceptors (Lipinski definition) is 5. The van der Waals surface area contributed by atoms with Gasteiger partial charge in [0.1, 0.15) is 5.82 Å². The summed E-state index contributed by atoms with van der Waals surface area (Å²) in [6.07, 6.45) is 5.86. The Hall–Kier alpha value is -1.69. The molecule has 1 aliphatic rings. The summed E-state index contributed by atoms with van der Waals surface area (Å²) in [6, 6.07) is 0. The van der Waals surface area contributed by atoms with E-state index in [1.54, 1.807) is 6.20 Å². The topological polar surface area (TPSA) is 64.3 Å². The highest BCUT2D eigenvalue weighted by Gasteiger charge is 2.15. The van der Waals surface area contributed by atoms with E-state index in [2.05, 4.69) is 20.5 Å². The average molecular weight is 247 g/mol. The van der Waals surface area contributed by atoms with Crippen molar-refractivity contribution in [1.29, 1.82) is 0 Å². The molecule has 1 saturated heterocycles. The molecule has 0 bridgehead atoms. The molecular weight excluding hydrogens is 230 g/mol. The van der Waals surface area contributed by atoms with E-state index < -0.39 is 0 Å². The molecule has 0 radical (unpaired) electrons. The maximum Gasteiger partial charge on any atom is 0.260 e. The second kappa shape index (κ2) is 4.89. The standard InChI is InChI=1S/C12H17N5O/c1-9-15-16-11-12(14-5-6-17(9)11)18-7-3-10-2-4-13-8-10/h5-6,10,13H,2-4,7-8H2,1H3. The van der Waals surface area contributed by atoms with E-state index in [0.29, 0.717) is 18.1 Å². The number of aryl methyl sites for hydroxylation is 1.